The van der Waals surface area contributed by atoms with Crippen molar-refractivity contribution >= 4 is 16.9 Å². The fraction of sp³-hybridized carbons (Fsp3) is 0.294. The lowest BCUT2D eigenvalue weighted by Gasteiger charge is -2.06. The van der Waals surface area contributed by atoms with Crippen LogP contribution < -0.4 is 5.73 Å². The first-order valence-electron chi connectivity index (χ1n) is 7.65. The van der Waals surface area contributed by atoms with E-state index in [2.05, 4.69) is 16.2 Å². The van der Waals surface area contributed by atoms with E-state index in [4.69, 9.17) is 5.73 Å². The van der Waals surface area contributed by atoms with Gasteiger partial charge in [-0.15, -0.1) is 0 Å². The molecule has 0 bridgehead atoms. The molecule has 5 heteroatoms. The van der Waals surface area contributed by atoms with Crippen molar-refractivity contribution in [1.82, 2.24) is 14.5 Å². The van der Waals surface area contributed by atoms with Gasteiger partial charge < -0.3 is 15.4 Å². The number of nitrogen functional groups attached to an aromatic ring is 1. The molecule has 112 valence electrons. The van der Waals surface area contributed by atoms with E-state index in [0.29, 0.717) is 11.7 Å². The van der Waals surface area contributed by atoms with Gasteiger partial charge in [0.25, 0.3) is 0 Å². The number of hydrogen-bond donors (Lipinski definition) is 2. The number of anilines is 1. The van der Waals surface area contributed by atoms with E-state index in [1.165, 1.54) is 37.6 Å². The number of nitrogens with zero attached hydrogens (tertiary/aromatic N) is 3. The summed E-state index contributed by atoms with van der Waals surface area (Å²) in [6.45, 7) is 0. The van der Waals surface area contributed by atoms with E-state index in [1.807, 2.05) is 16.7 Å². The molecule has 0 spiro atoms. The first kappa shape index (κ1) is 13.1. The first-order chi connectivity index (χ1) is 10.7. The van der Waals surface area contributed by atoms with Crippen LogP contribution in [-0.4, -0.2) is 19.6 Å². The Bertz CT molecular complexity index is 834. The van der Waals surface area contributed by atoms with Gasteiger partial charge in [-0.2, -0.15) is 0 Å². The van der Waals surface area contributed by atoms with Crippen LogP contribution in [0.25, 0.3) is 16.7 Å². The van der Waals surface area contributed by atoms with E-state index in [1.54, 1.807) is 12.1 Å². The van der Waals surface area contributed by atoms with Crippen molar-refractivity contribution in [2.75, 3.05) is 5.73 Å². The molecule has 22 heavy (non-hydrogen) atoms. The maximum Gasteiger partial charge on any atom is 0.151 e. The van der Waals surface area contributed by atoms with Crippen molar-refractivity contribution < 1.29 is 5.11 Å². The molecule has 1 fully saturated rings. The molecule has 2 heterocycles. The molecule has 0 amide bonds. The largest absolute Gasteiger partial charge is 0.508 e. The third kappa shape index (κ3) is 2.01. The standard InChI is InChI=1S/C17H18N4O/c18-17-16-15(19-10-20-17)14(11-4-1-2-5-11)9-21(16)12-6-3-7-13(22)8-12/h3,6-11,22H,1-2,4-5H2,(H2,18,19,20). The number of nitrogens with two attached hydrogens (primary N) is 1. The lowest BCUT2D eigenvalue weighted by Crippen LogP contribution is -1.98. The van der Waals surface area contributed by atoms with Crippen LogP contribution in [0, 0.1) is 0 Å². The number of aromatic hydroxyl groups is 1. The molecule has 1 aliphatic carbocycles. The van der Waals surface area contributed by atoms with Crippen LogP contribution in [0.15, 0.2) is 36.8 Å². The topological polar surface area (TPSA) is 77.0 Å². The molecule has 0 saturated heterocycles. The molecule has 0 aliphatic heterocycles. The smallest absolute Gasteiger partial charge is 0.151 e. The number of hydrogen-bond acceptors (Lipinski definition) is 4. The van der Waals surface area contributed by atoms with Crippen LogP contribution in [0.5, 0.6) is 5.75 Å². The second-order valence-electron chi connectivity index (χ2n) is 5.91. The molecule has 3 N–H and O–H groups in total. The molecule has 0 unspecified atom stereocenters. The van der Waals surface area contributed by atoms with E-state index >= 15 is 0 Å². The molecule has 4 rings (SSSR count). The van der Waals surface area contributed by atoms with Gasteiger partial charge in [-0.3, -0.25) is 0 Å². The van der Waals surface area contributed by atoms with Gasteiger partial charge in [-0.25, -0.2) is 9.97 Å². The summed E-state index contributed by atoms with van der Waals surface area (Å²) in [6.07, 6.45) is 8.57. The van der Waals surface area contributed by atoms with Gasteiger partial charge in [-0.05, 0) is 36.5 Å². The molecule has 1 saturated carbocycles. The van der Waals surface area contributed by atoms with Crippen molar-refractivity contribution in [2.45, 2.75) is 31.6 Å². The number of benzene rings is 1. The minimum absolute atomic E-state index is 0.234. The molecule has 3 aromatic rings. The maximum atomic E-state index is 9.76. The quantitative estimate of drug-likeness (QED) is 0.759. The molecule has 0 radical (unpaired) electrons. The number of phenolic OH excluding ortho intramolecular Hbond substituents is 1. The second kappa shape index (κ2) is 5.02. The minimum Gasteiger partial charge on any atom is -0.508 e. The highest BCUT2D eigenvalue weighted by Gasteiger charge is 2.24. The Kier molecular flexibility index (Phi) is 2.99. The fourth-order valence-electron chi connectivity index (χ4n) is 3.49. The number of aromatic nitrogens is 3. The fourth-order valence-corrected chi connectivity index (χ4v) is 3.49. The third-order valence-corrected chi connectivity index (χ3v) is 4.54. The highest BCUT2D eigenvalue weighted by Crippen LogP contribution is 2.39. The van der Waals surface area contributed by atoms with Gasteiger partial charge >= 0.3 is 0 Å². The highest BCUT2D eigenvalue weighted by atomic mass is 16.3. The Morgan fingerprint density at radius 1 is 1.18 bits per heavy atom. The summed E-state index contributed by atoms with van der Waals surface area (Å²) in [6, 6.07) is 7.16. The molecule has 5 nitrogen and oxygen atoms in total. The van der Waals surface area contributed by atoms with Crippen LogP contribution in [0.3, 0.4) is 0 Å². The van der Waals surface area contributed by atoms with Crippen LogP contribution in [0.1, 0.15) is 37.2 Å². The Hall–Kier alpha value is -2.56. The summed E-state index contributed by atoms with van der Waals surface area (Å²) in [4.78, 5) is 8.62. The van der Waals surface area contributed by atoms with Crippen molar-refractivity contribution in [2.24, 2.45) is 0 Å². The summed E-state index contributed by atoms with van der Waals surface area (Å²) in [5.74, 6) is 1.24. The van der Waals surface area contributed by atoms with Crippen molar-refractivity contribution in [3.05, 3.63) is 42.4 Å². The van der Waals surface area contributed by atoms with Crippen molar-refractivity contribution in [1.29, 1.82) is 0 Å². The Labute approximate surface area is 128 Å². The second-order valence-corrected chi connectivity index (χ2v) is 5.91. The van der Waals surface area contributed by atoms with Gasteiger partial charge in [0.15, 0.2) is 5.82 Å². The Morgan fingerprint density at radius 3 is 2.77 bits per heavy atom. The van der Waals surface area contributed by atoms with Crippen LogP contribution in [0.2, 0.25) is 0 Å². The zero-order valence-electron chi connectivity index (χ0n) is 12.2. The van der Waals surface area contributed by atoms with Gasteiger partial charge in [0.05, 0.1) is 5.52 Å². The van der Waals surface area contributed by atoms with E-state index < -0.39 is 0 Å². The Balaban J connectivity index is 1.98. The van der Waals surface area contributed by atoms with Gasteiger partial charge in [0, 0.05) is 18.0 Å². The number of phenols is 1. The Morgan fingerprint density at radius 2 is 2.00 bits per heavy atom. The first-order valence-corrected chi connectivity index (χ1v) is 7.65. The normalized spacial score (nSPS) is 15.6. The summed E-state index contributed by atoms with van der Waals surface area (Å²) in [5, 5.41) is 9.76. The zero-order chi connectivity index (χ0) is 15.1. The predicted octanol–water partition coefficient (Wildman–Crippen LogP) is 3.37. The molecule has 1 aromatic carbocycles. The van der Waals surface area contributed by atoms with Crippen LogP contribution in [-0.2, 0) is 0 Å². The average molecular weight is 294 g/mol. The zero-order valence-corrected chi connectivity index (χ0v) is 12.2. The molecule has 0 atom stereocenters. The van der Waals surface area contributed by atoms with Crippen LogP contribution >= 0.6 is 0 Å². The van der Waals surface area contributed by atoms with Crippen LogP contribution in [0.4, 0.5) is 5.82 Å². The SMILES string of the molecule is Nc1ncnc2c(C3CCCC3)cn(-c3cccc(O)c3)c12. The summed E-state index contributed by atoms with van der Waals surface area (Å²) < 4.78 is 2.00. The molecule has 1 aliphatic rings. The van der Waals surface area contributed by atoms with Crippen molar-refractivity contribution in [3.8, 4) is 11.4 Å². The maximum absolute atomic E-state index is 9.76. The summed E-state index contributed by atoms with van der Waals surface area (Å²) in [7, 11) is 0. The lowest BCUT2D eigenvalue weighted by molar-refractivity contribution is 0.475. The average Bonchev–Trinajstić information content (AvgIpc) is 3.15. The van der Waals surface area contributed by atoms with Gasteiger partial charge in [0.1, 0.15) is 17.6 Å². The highest BCUT2D eigenvalue weighted by molar-refractivity contribution is 5.90. The number of rotatable bonds is 2. The monoisotopic (exact) mass is 294 g/mol. The van der Waals surface area contributed by atoms with Gasteiger partial charge in [0.2, 0.25) is 0 Å². The number of fused-ring (bicyclic) bond motifs is 1. The van der Waals surface area contributed by atoms with E-state index in [-0.39, 0.29) is 5.75 Å². The predicted molar refractivity (Wildman–Crippen MR) is 86.2 cm³/mol. The summed E-state index contributed by atoms with van der Waals surface area (Å²) >= 11 is 0. The lowest BCUT2D eigenvalue weighted by atomic mass is 10.00. The van der Waals surface area contributed by atoms with Gasteiger partial charge in [-0.1, -0.05) is 18.9 Å². The third-order valence-electron chi connectivity index (χ3n) is 4.54. The molecular formula is C17H18N4O. The van der Waals surface area contributed by atoms with E-state index in [0.717, 1.165) is 16.7 Å². The molecule has 2 aromatic heterocycles. The van der Waals surface area contributed by atoms with Crippen molar-refractivity contribution in [3.63, 3.8) is 0 Å². The summed E-state index contributed by atoms with van der Waals surface area (Å²) in [5.41, 5.74) is 9.98. The van der Waals surface area contributed by atoms with E-state index in [9.17, 15) is 5.11 Å². The molecular weight excluding hydrogens is 276 g/mol. The minimum atomic E-state index is 0.234.